The van der Waals surface area contributed by atoms with Crippen molar-refractivity contribution in [2.75, 3.05) is 27.2 Å². The Balaban J connectivity index is 1.58. The Morgan fingerprint density at radius 3 is 2.40 bits per heavy atom. The van der Waals surface area contributed by atoms with Gasteiger partial charge in [-0.05, 0) is 67.4 Å². The van der Waals surface area contributed by atoms with E-state index in [-0.39, 0.29) is 5.56 Å². The van der Waals surface area contributed by atoms with E-state index in [2.05, 4.69) is 0 Å². The minimum absolute atomic E-state index is 0.0366. The summed E-state index contributed by atoms with van der Waals surface area (Å²) in [7, 11) is 3.94. The minimum Gasteiger partial charge on any atom is -0.462 e. The maximum absolute atomic E-state index is 13.0. The second-order valence-electron chi connectivity index (χ2n) is 9.21. The Bertz CT molecular complexity index is 1240. The highest BCUT2D eigenvalue weighted by Gasteiger charge is 2.44. The topological polar surface area (TPSA) is 125 Å². The van der Waals surface area contributed by atoms with E-state index in [1.165, 1.54) is 0 Å². The molecule has 1 aliphatic rings. The van der Waals surface area contributed by atoms with Crippen LogP contribution in [0.5, 0.6) is 5.75 Å². The third kappa shape index (κ3) is 5.25. The fraction of sp³-hybridized carbons (Fsp3) is 0.423. The van der Waals surface area contributed by atoms with Gasteiger partial charge in [0.15, 0.2) is 0 Å². The van der Waals surface area contributed by atoms with Gasteiger partial charge in [-0.2, -0.15) is 0 Å². The summed E-state index contributed by atoms with van der Waals surface area (Å²) in [5.74, 6) is 0.421. The summed E-state index contributed by atoms with van der Waals surface area (Å²) < 4.78 is 12.9. The molecule has 35 heavy (non-hydrogen) atoms. The molecule has 0 saturated carbocycles. The van der Waals surface area contributed by atoms with Gasteiger partial charge in [-0.25, -0.2) is 0 Å². The van der Waals surface area contributed by atoms with Gasteiger partial charge in [0.25, 0.3) is 5.56 Å². The smallest absolute Gasteiger partial charge is 0.258 e. The number of nitrogens with zero attached hydrogens (tertiary/aromatic N) is 2. The summed E-state index contributed by atoms with van der Waals surface area (Å²) in [5, 5.41) is 41.1. The molecule has 0 spiro atoms. The van der Waals surface area contributed by atoms with E-state index in [1.807, 2.05) is 68.5 Å². The summed E-state index contributed by atoms with van der Waals surface area (Å²) >= 11 is 0. The van der Waals surface area contributed by atoms with Gasteiger partial charge < -0.3 is 39.4 Å². The molecule has 1 saturated heterocycles. The Hall–Kier alpha value is -2.79. The first-order valence-corrected chi connectivity index (χ1v) is 11.6. The number of hydrogen-bond acceptors (Lipinski definition) is 8. The van der Waals surface area contributed by atoms with Crippen LogP contribution in [0.15, 0.2) is 53.5 Å². The lowest BCUT2D eigenvalue weighted by molar-refractivity contribution is -0.277. The predicted molar refractivity (Wildman–Crippen MR) is 131 cm³/mol. The van der Waals surface area contributed by atoms with Gasteiger partial charge in [0.2, 0.25) is 6.29 Å². The first-order chi connectivity index (χ1) is 16.7. The molecule has 1 fully saturated rings. The third-order valence-electron chi connectivity index (χ3n) is 6.37. The Morgan fingerprint density at radius 2 is 1.71 bits per heavy atom. The highest BCUT2D eigenvalue weighted by molar-refractivity contribution is 5.86. The van der Waals surface area contributed by atoms with Crippen LogP contribution in [0.25, 0.3) is 21.9 Å². The van der Waals surface area contributed by atoms with Crippen molar-refractivity contribution in [2.24, 2.45) is 0 Å². The number of likely N-dealkylation sites (N-methyl/N-ethyl adjacent to an activating group) is 1. The normalized spacial score (nSPS) is 24.7. The van der Waals surface area contributed by atoms with Gasteiger partial charge in [-0.3, -0.25) is 4.79 Å². The van der Waals surface area contributed by atoms with Gasteiger partial charge in [0, 0.05) is 24.7 Å². The molecule has 2 heterocycles. The SMILES string of the molecule is Cc1cc(-c2ccc3ccn(CCN(C)C)c(=O)c3c2)ccc1O[C@H]1O[C@@H](CO)[C@@H](O)[C@H](O)[C@H]1O. The van der Waals surface area contributed by atoms with Crippen LogP contribution in [0, 0.1) is 6.92 Å². The van der Waals surface area contributed by atoms with E-state index in [0.29, 0.717) is 17.7 Å². The second-order valence-corrected chi connectivity index (χ2v) is 9.21. The number of aliphatic hydroxyl groups excluding tert-OH is 4. The van der Waals surface area contributed by atoms with Crippen LogP contribution in [0.2, 0.25) is 0 Å². The molecule has 3 aromatic rings. The third-order valence-corrected chi connectivity index (χ3v) is 6.37. The van der Waals surface area contributed by atoms with E-state index in [1.54, 1.807) is 10.6 Å². The predicted octanol–water partition coefficient (Wildman–Crippen LogP) is 0.717. The van der Waals surface area contributed by atoms with Crippen LogP contribution in [-0.2, 0) is 11.3 Å². The van der Waals surface area contributed by atoms with Crippen molar-refractivity contribution in [3.8, 4) is 16.9 Å². The van der Waals surface area contributed by atoms with Crippen molar-refractivity contribution >= 4 is 10.8 Å². The average Bonchev–Trinajstić information content (AvgIpc) is 2.84. The lowest BCUT2D eigenvalue weighted by Gasteiger charge is -2.39. The Kier molecular flexibility index (Phi) is 7.56. The number of aromatic nitrogens is 1. The highest BCUT2D eigenvalue weighted by Crippen LogP contribution is 2.30. The molecule has 0 aliphatic carbocycles. The van der Waals surface area contributed by atoms with Crippen LogP contribution in [0.1, 0.15) is 5.56 Å². The zero-order chi connectivity index (χ0) is 25.3. The van der Waals surface area contributed by atoms with E-state index in [9.17, 15) is 25.2 Å². The van der Waals surface area contributed by atoms with Crippen molar-refractivity contribution in [3.63, 3.8) is 0 Å². The van der Waals surface area contributed by atoms with Gasteiger partial charge >= 0.3 is 0 Å². The number of aliphatic hydroxyl groups is 4. The largest absolute Gasteiger partial charge is 0.462 e. The quantitative estimate of drug-likeness (QED) is 0.387. The highest BCUT2D eigenvalue weighted by atomic mass is 16.7. The molecule has 1 aromatic heterocycles. The molecule has 0 unspecified atom stereocenters. The van der Waals surface area contributed by atoms with Gasteiger partial charge in [0.1, 0.15) is 30.2 Å². The first-order valence-electron chi connectivity index (χ1n) is 11.6. The van der Waals surface area contributed by atoms with Gasteiger partial charge in [-0.15, -0.1) is 0 Å². The lowest BCUT2D eigenvalue weighted by Crippen LogP contribution is -2.60. The van der Waals surface area contributed by atoms with Crippen molar-refractivity contribution < 1.29 is 29.9 Å². The molecule has 1 aliphatic heterocycles. The molecule has 0 radical (unpaired) electrons. The van der Waals surface area contributed by atoms with Crippen molar-refractivity contribution in [1.82, 2.24) is 9.47 Å². The Morgan fingerprint density at radius 1 is 1.00 bits per heavy atom. The summed E-state index contributed by atoms with van der Waals surface area (Å²) in [6, 6.07) is 13.2. The monoisotopic (exact) mass is 484 g/mol. The number of rotatable bonds is 7. The number of hydrogen-bond donors (Lipinski definition) is 4. The zero-order valence-electron chi connectivity index (χ0n) is 20.0. The van der Waals surface area contributed by atoms with Gasteiger partial charge in [0.05, 0.1) is 6.61 Å². The summed E-state index contributed by atoms with van der Waals surface area (Å²) in [6.07, 6.45) is -4.91. The maximum atomic E-state index is 13.0. The standard InChI is InChI=1S/C26H32N2O7/c1-15-12-17(6-7-20(15)34-26-24(32)23(31)22(30)21(14-29)35-26)18-5-4-16-8-9-28(11-10-27(2)3)25(33)19(16)13-18/h4-9,12-13,21-24,26,29-32H,10-11,14H2,1-3H3/t21-,22+,23-,24+,26-/m0/s1. The van der Waals surface area contributed by atoms with Gasteiger partial charge in [-0.1, -0.05) is 18.2 Å². The number of fused-ring (bicyclic) bond motifs is 1. The molecule has 0 amide bonds. The summed E-state index contributed by atoms with van der Waals surface area (Å²) in [4.78, 5) is 15.1. The second kappa shape index (κ2) is 10.4. The van der Waals surface area contributed by atoms with Crippen molar-refractivity contribution in [2.45, 2.75) is 44.2 Å². The number of benzene rings is 2. The number of aryl methyl sites for hydroxylation is 1. The van der Waals surface area contributed by atoms with Crippen LogP contribution in [0.3, 0.4) is 0 Å². The fourth-order valence-corrected chi connectivity index (χ4v) is 4.19. The molecule has 9 heteroatoms. The van der Waals surface area contributed by atoms with E-state index >= 15 is 0 Å². The molecule has 5 atom stereocenters. The van der Waals surface area contributed by atoms with Crippen molar-refractivity contribution in [1.29, 1.82) is 0 Å². The van der Waals surface area contributed by atoms with Crippen LogP contribution in [0.4, 0.5) is 0 Å². The van der Waals surface area contributed by atoms with E-state index in [0.717, 1.165) is 28.6 Å². The van der Waals surface area contributed by atoms with Crippen LogP contribution in [-0.4, -0.2) is 87.8 Å². The number of pyridine rings is 1. The molecule has 4 rings (SSSR count). The molecule has 4 N–H and O–H groups in total. The number of ether oxygens (including phenoxy) is 2. The summed E-state index contributed by atoms with van der Waals surface area (Å²) in [6.45, 7) is 2.68. The fourth-order valence-electron chi connectivity index (χ4n) is 4.19. The van der Waals surface area contributed by atoms with E-state index in [4.69, 9.17) is 9.47 Å². The van der Waals surface area contributed by atoms with Crippen molar-refractivity contribution in [3.05, 3.63) is 64.6 Å². The Labute approximate surface area is 203 Å². The zero-order valence-corrected chi connectivity index (χ0v) is 20.0. The van der Waals surface area contributed by atoms with Crippen LogP contribution >= 0.6 is 0 Å². The van der Waals surface area contributed by atoms with Crippen LogP contribution < -0.4 is 10.3 Å². The van der Waals surface area contributed by atoms with E-state index < -0.39 is 37.3 Å². The molecular weight excluding hydrogens is 452 g/mol. The summed E-state index contributed by atoms with van der Waals surface area (Å²) in [5.41, 5.74) is 2.47. The maximum Gasteiger partial charge on any atom is 0.258 e. The average molecular weight is 485 g/mol. The minimum atomic E-state index is -1.51. The molecule has 0 bridgehead atoms. The molecular formula is C26H32N2O7. The molecule has 2 aromatic carbocycles. The first kappa shape index (κ1) is 25.3. The lowest BCUT2D eigenvalue weighted by atomic mass is 9.99. The molecule has 9 nitrogen and oxygen atoms in total. The molecule has 188 valence electrons.